The van der Waals surface area contributed by atoms with E-state index in [-0.39, 0.29) is 0 Å². The van der Waals surface area contributed by atoms with Crippen molar-refractivity contribution in [2.45, 2.75) is 58.0 Å². The van der Waals surface area contributed by atoms with Gasteiger partial charge < -0.3 is 9.88 Å². The van der Waals surface area contributed by atoms with Gasteiger partial charge in [0.15, 0.2) is 0 Å². The molecule has 2 rings (SSSR count). The molecule has 1 saturated carbocycles. The van der Waals surface area contributed by atoms with Gasteiger partial charge in [0, 0.05) is 18.9 Å². The lowest BCUT2D eigenvalue weighted by molar-refractivity contribution is 0.322. The molecule has 1 N–H and O–H groups in total. The smallest absolute Gasteiger partial charge is 0.126 e. The Balaban J connectivity index is 2.14. The van der Waals surface area contributed by atoms with E-state index < -0.39 is 0 Å². The van der Waals surface area contributed by atoms with Crippen molar-refractivity contribution in [2.75, 3.05) is 7.05 Å². The predicted octanol–water partition coefficient (Wildman–Crippen LogP) is 3.13. The average Bonchev–Trinajstić information content (AvgIpc) is 2.65. The van der Waals surface area contributed by atoms with Gasteiger partial charge in [0.25, 0.3) is 0 Å². The zero-order valence-electron chi connectivity index (χ0n) is 11.2. The van der Waals surface area contributed by atoms with Gasteiger partial charge in [-0.25, -0.2) is 4.98 Å². The van der Waals surface area contributed by atoms with E-state index in [4.69, 9.17) is 0 Å². The first-order valence-electron chi connectivity index (χ1n) is 7.05. The summed E-state index contributed by atoms with van der Waals surface area (Å²) in [7, 11) is 2.07. The molecule has 1 atom stereocenters. The number of hydrogen-bond acceptors (Lipinski definition) is 2. The van der Waals surface area contributed by atoms with E-state index in [0.29, 0.717) is 6.04 Å². The summed E-state index contributed by atoms with van der Waals surface area (Å²) in [6.07, 6.45) is 12.3. The van der Waals surface area contributed by atoms with Crippen LogP contribution in [0.1, 0.15) is 57.3 Å². The molecule has 1 aromatic heterocycles. The van der Waals surface area contributed by atoms with Crippen LogP contribution in [-0.2, 0) is 6.54 Å². The van der Waals surface area contributed by atoms with Gasteiger partial charge in [-0.15, -0.1) is 0 Å². The Labute approximate surface area is 105 Å². The molecule has 3 heteroatoms. The lowest BCUT2D eigenvalue weighted by Crippen LogP contribution is -2.28. The summed E-state index contributed by atoms with van der Waals surface area (Å²) in [5.74, 6) is 1.98. The molecule has 0 saturated heterocycles. The molecule has 3 nitrogen and oxygen atoms in total. The van der Waals surface area contributed by atoms with Gasteiger partial charge in [-0.2, -0.15) is 0 Å². The molecule has 0 amide bonds. The summed E-state index contributed by atoms with van der Waals surface area (Å²) in [6, 6.07) is 0.433. The normalized spacial score (nSPS) is 20.1. The quantitative estimate of drug-likeness (QED) is 0.813. The Morgan fingerprint density at radius 3 is 2.65 bits per heavy atom. The highest BCUT2D eigenvalue weighted by Gasteiger charge is 2.25. The minimum atomic E-state index is 0.433. The van der Waals surface area contributed by atoms with Crippen molar-refractivity contribution in [1.82, 2.24) is 14.9 Å². The van der Waals surface area contributed by atoms with Crippen LogP contribution in [0.4, 0.5) is 0 Å². The third-order valence-electron chi connectivity index (χ3n) is 4.05. The highest BCUT2D eigenvalue weighted by atomic mass is 15.1. The van der Waals surface area contributed by atoms with Crippen LogP contribution in [0.25, 0.3) is 0 Å². The molecule has 0 bridgehead atoms. The molecule has 0 aliphatic heterocycles. The van der Waals surface area contributed by atoms with Crippen molar-refractivity contribution in [1.29, 1.82) is 0 Å². The van der Waals surface area contributed by atoms with Crippen LogP contribution < -0.4 is 5.32 Å². The maximum atomic E-state index is 4.56. The van der Waals surface area contributed by atoms with Crippen LogP contribution in [0.2, 0.25) is 0 Å². The van der Waals surface area contributed by atoms with Gasteiger partial charge in [-0.05, 0) is 32.7 Å². The first kappa shape index (κ1) is 12.6. The number of nitrogens with zero attached hydrogens (tertiary/aromatic N) is 2. The topological polar surface area (TPSA) is 29.9 Å². The molecular formula is C14H25N3. The van der Waals surface area contributed by atoms with E-state index in [1.165, 1.54) is 44.3 Å². The number of aryl methyl sites for hydroxylation is 1. The van der Waals surface area contributed by atoms with E-state index in [1.54, 1.807) is 0 Å². The first-order valence-corrected chi connectivity index (χ1v) is 7.05. The zero-order chi connectivity index (χ0) is 12.1. The molecule has 1 heterocycles. The molecule has 1 unspecified atom stereocenters. The lowest BCUT2D eigenvalue weighted by Gasteiger charge is -2.25. The van der Waals surface area contributed by atoms with Gasteiger partial charge in [-0.3, -0.25) is 0 Å². The second-order valence-electron chi connectivity index (χ2n) is 5.09. The lowest BCUT2D eigenvalue weighted by atomic mass is 9.91. The Morgan fingerprint density at radius 1 is 1.35 bits per heavy atom. The van der Waals surface area contributed by atoms with Crippen molar-refractivity contribution < 1.29 is 0 Å². The number of aromatic nitrogens is 2. The fourth-order valence-corrected chi connectivity index (χ4v) is 3.09. The molecular weight excluding hydrogens is 210 g/mol. The van der Waals surface area contributed by atoms with Crippen molar-refractivity contribution >= 4 is 0 Å². The van der Waals surface area contributed by atoms with Crippen molar-refractivity contribution in [3.63, 3.8) is 0 Å². The van der Waals surface area contributed by atoms with Crippen LogP contribution in [0.5, 0.6) is 0 Å². The summed E-state index contributed by atoms with van der Waals surface area (Å²) >= 11 is 0. The minimum absolute atomic E-state index is 0.433. The van der Waals surface area contributed by atoms with Gasteiger partial charge in [0.05, 0.1) is 6.04 Å². The SMILES string of the molecule is CCn1ccnc1C(NC)C1CCCCCC1. The standard InChI is InChI=1S/C14H25N3/c1-3-17-11-10-16-14(17)13(15-2)12-8-6-4-5-7-9-12/h10-13,15H,3-9H2,1-2H3. The summed E-state index contributed by atoms with van der Waals surface area (Å²) in [4.78, 5) is 4.56. The van der Waals surface area contributed by atoms with Crippen LogP contribution >= 0.6 is 0 Å². The minimum Gasteiger partial charge on any atom is -0.334 e. The van der Waals surface area contributed by atoms with E-state index >= 15 is 0 Å². The molecule has 1 aliphatic carbocycles. The number of nitrogens with one attached hydrogen (secondary N) is 1. The Bertz CT molecular complexity index is 324. The largest absolute Gasteiger partial charge is 0.334 e. The maximum Gasteiger partial charge on any atom is 0.126 e. The Kier molecular flexibility index (Phi) is 4.60. The number of imidazole rings is 1. The van der Waals surface area contributed by atoms with Crippen molar-refractivity contribution in [3.8, 4) is 0 Å². The second-order valence-corrected chi connectivity index (χ2v) is 5.09. The van der Waals surface area contributed by atoms with Gasteiger partial charge in [0.1, 0.15) is 5.82 Å². The fraction of sp³-hybridized carbons (Fsp3) is 0.786. The molecule has 1 aromatic rings. The van der Waals surface area contributed by atoms with E-state index in [2.05, 4.69) is 35.0 Å². The summed E-state index contributed by atoms with van der Waals surface area (Å²) in [6.45, 7) is 3.20. The molecule has 0 radical (unpaired) electrons. The molecule has 96 valence electrons. The molecule has 0 spiro atoms. The monoisotopic (exact) mass is 235 g/mol. The second kappa shape index (κ2) is 6.20. The summed E-state index contributed by atoms with van der Waals surface area (Å²) in [5.41, 5.74) is 0. The first-order chi connectivity index (χ1) is 8.36. The maximum absolute atomic E-state index is 4.56. The van der Waals surface area contributed by atoms with E-state index in [0.717, 1.165) is 12.5 Å². The van der Waals surface area contributed by atoms with Crippen LogP contribution in [-0.4, -0.2) is 16.6 Å². The van der Waals surface area contributed by atoms with Crippen molar-refractivity contribution in [2.24, 2.45) is 5.92 Å². The van der Waals surface area contributed by atoms with Crippen LogP contribution in [0, 0.1) is 5.92 Å². The van der Waals surface area contributed by atoms with Crippen LogP contribution in [0.3, 0.4) is 0 Å². The Hall–Kier alpha value is -0.830. The fourth-order valence-electron chi connectivity index (χ4n) is 3.09. The van der Waals surface area contributed by atoms with E-state index in [9.17, 15) is 0 Å². The van der Waals surface area contributed by atoms with Gasteiger partial charge in [-0.1, -0.05) is 25.7 Å². The molecule has 17 heavy (non-hydrogen) atoms. The third kappa shape index (κ3) is 2.89. The summed E-state index contributed by atoms with van der Waals surface area (Å²) < 4.78 is 2.27. The van der Waals surface area contributed by atoms with Gasteiger partial charge >= 0.3 is 0 Å². The zero-order valence-corrected chi connectivity index (χ0v) is 11.2. The Morgan fingerprint density at radius 2 is 2.06 bits per heavy atom. The molecule has 1 aliphatic rings. The highest BCUT2D eigenvalue weighted by Crippen LogP contribution is 2.32. The highest BCUT2D eigenvalue weighted by molar-refractivity contribution is 5.01. The molecule has 1 fully saturated rings. The summed E-state index contributed by atoms with van der Waals surface area (Å²) in [5, 5.41) is 3.49. The van der Waals surface area contributed by atoms with Gasteiger partial charge in [0.2, 0.25) is 0 Å². The third-order valence-corrected chi connectivity index (χ3v) is 4.05. The van der Waals surface area contributed by atoms with E-state index in [1.807, 2.05) is 6.20 Å². The average molecular weight is 235 g/mol. The number of hydrogen-bond donors (Lipinski definition) is 1. The predicted molar refractivity (Wildman–Crippen MR) is 70.9 cm³/mol. The molecule has 0 aromatic carbocycles. The number of rotatable bonds is 4. The van der Waals surface area contributed by atoms with Crippen LogP contribution in [0.15, 0.2) is 12.4 Å². The van der Waals surface area contributed by atoms with Crippen molar-refractivity contribution in [3.05, 3.63) is 18.2 Å².